The lowest BCUT2D eigenvalue weighted by Crippen LogP contribution is -2.39. The van der Waals surface area contributed by atoms with Gasteiger partial charge in [-0.1, -0.05) is 19.1 Å². The minimum absolute atomic E-state index is 0.126. The van der Waals surface area contributed by atoms with Gasteiger partial charge in [0.2, 0.25) is 0 Å². The standard InChI is InChI=1S/C22H27NO4/c1-5-19(27-18-11-14(2)10-15(3)12-18)22(24)23-16(4)17-6-7-20-21(13-17)26-9-8-25-20/h6-7,10-13,16,19H,5,8-9H2,1-4H3,(H,23,24)/t16-,19-/m1/s1. The molecule has 1 N–H and O–H groups in total. The maximum Gasteiger partial charge on any atom is 0.261 e. The summed E-state index contributed by atoms with van der Waals surface area (Å²) in [4.78, 5) is 12.7. The summed E-state index contributed by atoms with van der Waals surface area (Å²) < 4.78 is 17.1. The molecule has 144 valence electrons. The van der Waals surface area contributed by atoms with Gasteiger partial charge in [-0.05, 0) is 68.1 Å². The summed E-state index contributed by atoms with van der Waals surface area (Å²) >= 11 is 0. The Bertz CT molecular complexity index is 798. The van der Waals surface area contributed by atoms with E-state index in [-0.39, 0.29) is 11.9 Å². The molecule has 2 atom stereocenters. The summed E-state index contributed by atoms with van der Waals surface area (Å²) in [6.45, 7) is 9.04. The average Bonchev–Trinajstić information content (AvgIpc) is 2.64. The molecule has 0 saturated heterocycles. The number of amides is 1. The van der Waals surface area contributed by atoms with Gasteiger partial charge in [0.15, 0.2) is 17.6 Å². The molecule has 1 aliphatic rings. The molecule has 0 fully saturated rings. The van der Waals surface area contributed by atoms with Crippen molar-refractivity contribution in [2.24, 2.45) is 0 Å². The van der Waals surface area contributed by atoms with Gasteiger partial charge in [0.25, 0.3) is 5.91 Å². The minimum Gasteiger partial charge on any atom is -0.486 e. The number of carbonyl (C=O) groups is 1. The average molecular weight is 369 g/mol. The van der Waals surface area contributed by atoms with Gasteiger partial charge in [0.1, 0.15) is 19.0 Å². The number of carbonyl (C=O) groups excluding carboxylic acids is 1. The second-order valence-corrected chi connectivity index (χ2v) is 6.97. The molecular formula is C22H27NO4. The van der Waals surface area contributed by atoms with E-state index in [4.69, 9.17) is 14.2 Å². The van der Waals surface area contributed by atoms with Crippen LogP contribution < -0.4 is 19.5 Å². The van der Waals surface area contributed by atoms with Crippen LogP contribution in [0.4, 0.5) is 0 Å². The van der Waals surface area contributed by atoms with Gasteiger partial charge in [0.05, 0.1) is 6.04 Å². The molecule has 0 radical (unpaired) electrons. The zero-order chi connectivity index (χ0) is 19.4. The molecule has 0 unspecified atom stereocenters. The first-order chi connectivity index (χ1) is 13.0. The quantitative estimate of drug-likeness (QED) is 0.833. The molecule has 0 saturated carbocycles. The van der Waals surface area contributed by atoms with Crippen LogP contribution in [0.3, 0.4) is 0 Å². The Balaban J connectivity index is 1.67. The predicted octanol–water partition coefficient (Wildman–Crippen LogP) is 4.11. The fourth-order valence-electron chi connectivity index (χ4n) is 3.21. The maximum atomic E-state index is 12.7. The van der Waals surface area contributed by atoms with Crippen molar-refractivity contribution in [3.05, 3.63) is 53.1 Å². The molecule has 2 aromatic rings. The van der Waals surface area contributed by atoms with Gasteiger partial charge in [0, 0.05) is 0 Å². The van der Waals surface area contributed by atoms with Crippen LogP contribution in [-0.2, 0) is 4.79 Å². The Kier molecular flexibility index (Phi) is 5.89. The highest BCUT2D eigenvalue weighted by Gasteiger charge is 2.22. The van der Waals surface area contributed by atoms with Crippen LogP contribution in [0.15, 0.2) is 36.4 Å². The normalized spacial score (nSPS) is 15.0. The van der Waals surface area contributed by atoms with Crippen molar-refractivity contribution in [3.8, 4) is 17.2 Å². The van der Waals surface area contributed by atoms with Gasteiger partial charge in [-0.15, -0.1) is 0 Å². The summed E-state index contributed by atoms with van der Waals surface area (Å²) in [5, 5.41) is 3.04. The number of hydrogen-bond acceptors (Lipinski definition) is 4. The number of hydrogen-bond donors (Lipinski definition) is 1. The third kappa shape index (κ3) is 4.73. The van der Waals surface area contributed by atoms with E-state index >= 15 is 0 Å². The summed E-state index contributed by atoms with van der Waals surface area (Å²) in [5.74, 6) is 2.06. The van der Waals surface area contributed by atoms with Crippen LogP contribution in [0.2, 0.25) is 0 Å². The number of aryl methyl sites for hydroxylation is 2. The van der Waals surface area contributed by atoms with E-state index < -0.39 is 6.10 Å². The van der Waals surface area contributed by atoms with E-state index in [0.29, 0.717) is 19.6 Å². The molecule has 1 heterocycles. The zero-order valence-electron chi connectivity index (χ0n) is 16.4. The molecule has 0 spiro atoms. The lowest BCUT2D eigenvalue weighted by atomic mass is 10.1. The number of rotatable bonds is 6. The molecule has 0 bridgehead atoms. The van der Waals surface area contributed by atoms with E-state index in [1.807, 2.05) is 58.0 Å². The first-order valence-electron chi connectivity index (χ1n) is 9.41. The topological polar surface area (TPSA) is 56.8 Å². The molecular weight excluding hydrogens is 342 g/mol. The van der Waals surface area contributed by atoms with E-state index in [1.165, 1.54) is 0 Å². The molecule has 1 amide bonds. The lowest BCUT2D eigenvalue weighted by molar-refractivity contribution is -0.128. The number of nitrogens with one attached hydrogen (secondary N) is 1. The summed E-state index contributed by atoms with van der Waals surface area (Å²) in [6.07, 6.45) is 0.0537. The fraction of sp³-hybridized carbons (Fsp3) is 0.409. The van der Waals surface area contributed by atoms with Crippen molar-refractivity contribution in [2.75, 3.05) is 13.2 Å². The first-order valence-corrected chi connectivity index (χ1v) is 9.41. The van der Waals surface area contributed by atoms with Crippen molar-refractivity contribution in [3.63, 3.8) is 0 Å². The van der Waals surface area contributed by atoms with Crippen LogP contribution in [0, 0.1) is 13.8 Å². The van der Waals surface area contributed by atoms with Crippen molar-refractivity contribution in [2.45, 2.75) is 46.3 Å². The van der Waals surface area contributed by atoms with Crippen LogP contribution >= 0.6 is 0 Å². The summed E-state index contributed by atoms with van der Waals surface area (Å²) in [6, 6.07) is 11.6. The Morgan fingerprint density at radius 2 is 1.74 bits per heavy atom. The highest BCUT2D eigenvalue weighted by Crippen LogP contribution is 2.32. The van der Waals surface area contributed by atoms with Gasteiger partial charge >= 0.3 is 0 Å². The summed E-state index contributed by atoms with van der Waals surface area (Å²) in [7, 11) is 0. The molecule has 5 nitrogen and oxygen atoms in total. The Morgan fingerprint density at radius 1 is 1.07 bits per heavy atom. The smallest absolute Gasteiger partial charge is 0.261 e. The molecule has 27 heavy (non-hydrogen) atoms. The zero-order valence-corrected chi connectivity index (χ0v) is 16.4. The largest absolute Gasteiger partial charge is 0.486 e. The maximum absolute atomic E-state index is 12.7. The van der Waals surface area contributed by atoms with Crippen molar-refractivity contribution < 1.29 is 19.0 Å². The van der Waals surface area contributed by atoms with E-state index in [0.717, 1.165) is 33.9 Å². The van der Waals surface area contributed by atoms with Crippen molar-refractivity contribution in [1.29, 1.82) is 0 Å². The number of ether oxygens (including phenoxy) is 3. The van der Waals surface area contributed by atoms with Gasteiger partial charge < -0.3 is 19.5 Å². The van der Waals surface area contributed by atoms with Gasteiger partial charge in [-0.25, -0.2) is 0 Å². The van der Waals surface area contributed by atoms with E-state index in [1.54, 1.807) is 0 Å². The molecule has 3 rings (SSSR count). The highest BCUT2D eigenvalue weighted by atomic mass is 16.6. The van der Waals surface area contributed by atoms with Crippen LogP contribution in [0.1, 0.15) is 43.0 Å². The molecule has 2 aromatic carbocycles. The van der Waals surface area contributed by atoms with Crippen molar-refractivity contribution in [1.82, 2.24) is 5.32 Å². The number of fused-ring (bicyclic) bond motifs is 1. The van der Waals surface area contributed by atoms with Gasteiger partial charge in [-0.3, -0.25) is 4.79 Å². The molecule has 5 heteroatoms. The fourth-order valence-corrected chi connectivity index (χ4v) is 3.21. The van der Waals surface area contributed by atoms with E-state index in [2.05, 4.69) is 11.4 Å². The lowest BCUT2D eigenvalue weighted by Gasteiger charge is -2.23. The third-order valence-electron chi connectivity index (χ3n) is 4.56. The molecule has 0 aliphatic carbocycles. The second-order valence-electron chi connectivity index (χ2n) is 6.97. The Morgan fingerprint density at radius 3 is 2.41 bits per heavy atom. The SMILES string of the molecule is CC[C@@H](Oc1cc(C)cc(C)c1)C(=O)N[C@H](C)c1ccc2c(c1)OCCO2. The monoisotopic (exact) mass is 369 g/mol. The van der Waals surface area contributed by atoms with Crippen LogP contribution in [-0.4, -0.2) is 25.2 Å². The number of benzene rings is 2. The Hall–Kier alpha value is -2.69. The van der Waals surface area contributed by atoms with Crippen LogP contribution in [0.25, 0.3) is 0 Å². The minimum atomic E-state index is -0.536. The van der Waals surface area contributed by atoms with Crippen LogP contribution in [0.5, 0.6) is 17.2 Å². The predicted molar refractivity (Wildman–Crippen MR) is 105 cm³/mol. The molecule has 1 aliphatic heterocycles. The third-order valence-corrected chi connectivity index (χ3v) is 4.56. The Labute approximate surface area is 160 Å². The van der Waals surface area contributed by atoms with Crippen molar-refractivity contribution >= 4 is 5.91 Å². The van der Waals surface area contributed by atoms with E-state index in [9.17, 15) is 4.79 Å². The highest BCUT2D eigenvalue weighted by molar-refractivity contribution is 5.81. The first kappa shape index (κ1) is 19.1. The van der Waals surface area contributed by atoms with Gasteiger partial charge in [-0.2, -0.15) is 0 Å². The second kappa shape index (κ2) is 8.33. The molecule has 0 aromatic heterocycles. The summed E-state index contributed by atoms with van der Waals surface area (Å²) in [5.41, 5.74) is 3.20.